The number of hydrogen-bond acceptors (Lipinski definition) is 7. The van der Waals surface area contributed by atoms with Crippen LogP contribution in [-0.2, 0) is 34.4 Å². The van der Waals surface area contributed by atoms with E-state index in [4.69, 9.17) is 13.8 Å². The first-order valence-corrected chi connectivity index (χ1v) is 8.03. The second-order valence-corrected chi connectivity index (χ2v) is 6.09. The molecule has 11 heteroatoms. The summed E-state index contributed by atoms with van der Waals surface area (Å²) in [5.41, 5.74) is 0. The van der Waals surface area contributed by atoms with Crippen molar-refractivity contribution in [3.05, 3.63) is 0 Å². The summed E-state index contributed by atoms with van der Waals surface area (Å²) in [5.74, 6) is -1.74. The molecule has 0 aromatic heterocycles. The molecule has 0 aromatic carbocycles. The van der Waals surface area contributed by atoms with Crippen LogP contribution in [-0.4, -0.2) is 57.3 Å². The first-order chi connectivity index (χ1) is 8.14. The van der Waals surface area contributed by atoms with Gasteiger partial charge in [0.2, 0.25) is 0 Å². The van der Waals surface area contributed by atoms with Gasteiger partial charge >= 0.3 is 0 Å². The molecular weight excluding hydrogens is 292 g/mol. The molecule has 9 nitrogen and oxygen atoms in total. The van der Waals surface area contributed by atoms with Crippen molar-refractivity contribution in [3.63, 3.8) is 0 Å². The van der Waals surface area contributed by atoms with Gasteiger partial charge in [0, 0.05) is 0 Å². The Labute approximate surface area is 106 Å². The molecule has 0 aliphatic rings. The largest absolute Gasteiger partial charge is 0.360 e. The van der Waals surface area contributed by atoms with Gasteiger partial charge in [0.05, 0.1) is 12.7 Å². The molecule has 110 valence electrons. The van der Waals surface area contributed by atoms with Crippen LogP contribution in [0.4, 0.5) is 0 Å². The smallest absolute Gasteiger partial charge is 0.289 e. The normalized spacial score (nSPS) is 14.6. The first-order valence-electron chi connectivity index (χ1n) is 4.81. The van der Waals surface area contributed by atoms with Crippen LogP contribution in [0.1, 0.15) is 13.3 Å². The molecule has 0 aliphatic heterocycles. The zero-order valence-electron chi connectivity index (χ0n) is 9.68. The summed E-state index contributed by atoms with van der Waals surface area (Å²) in [6.07, 6.45) is -0.0612. The van der Waals surface area contributed by atoms with Crippen LogP contribution in [0.15, 0.2) is 0 Å². The van der Waals surface area contributed by atoms with Crippen molar-refractivity contribution < 1.29 is 40.2 Å². The van der Waals surface area contributed by atoms with E-state index in [9.17, 15) is 16.8 Å². The zero-order valence-corrected chi connectivity index (χ0v) is 11.3. The van der Waals surface area contributed by atoms with Crippen molar-refractivity contribution in [1.29, 1.82) is 0 Å². The Morgan fingerprint density at radius 2 is 1.50 bits per heavy atom. The monoisotopic (exact) mass is 308 g/mol. The van der Waals surface area contributed by atoms with Crippen LogP contribution in [0.3, 0.4) is 0 Å². The summed E-state index contributed by atoms with van der Waals surface area (Å²) >= 11 is 0. The Kier molecular flexibility index (Phi) is 7.86. The van der Waals surface area contributed by atoms with Gasteiger partial charge in [-0.1, -0.05) is 6.92 Å². The Balaban J connectivity index is 3.78. The van der Waals surface area contributed by atoms with Gasteiger partial charge in [-0.3, -0.25) is 9.11 Å². The SMILES string of the molecule is CCC(COCS(=O)(=O)O)OCOCS(=O)(=O)O. The Hall–Kier alpha value is -0.300. The Morgan fingerprint density at radius 3 is 1.94 bits per heavy atom. The van der Waals surface area contributed by atoms with E-state index < -0.39 is 45.0 Å². The highest BCUT2D eigenvalue weighted by molar-refractivity contribution is 7.85. The molecule has 0 saturated carbocycles. The van der Waals surface area contributed by atoms with Crippen molar-refractivity contribution in [2.24, 2.45) is 0 Å². The maximum atomic E-state index is 10.3. The highest BCUT2D eigenvalue weighted by Gasteiger charge is 2.11. The van der Waals surface area contributed by atoms with Crippen molar-refractivity contribution in [1.82, 2.24) is 0 Å². The van der Waals surface area contributed by atoms with E-state index in [0.29, 0.717) is 6.42 Å². The third kappa shape index (κ3) is 12.2. The van der Waals surface area contributed by atoms with E-state index in [0.717, 1.165) is 0 Å². The van der Waals surface area contributed by atoms with Crippen LogP contribution in [0, 0.1) is 0 Å². The van der Waals surface area contributed by atoms with Gasteiger partial charge in [-0.25, -0.2) is 0 Å². The molecule has 2 N–H and O–H groups in total. The van der Waals surface area contributed by atoms with E-state index >= 15 is 0 Å². The predicted molar refractivity (Wildman–Crippen MR) is 59.9 cm³/mol. The predicted octanol–water partition coefficient (Wildman–Crippen LogP) is -0.537. The molecule has 0 heterocycles. The Bertz CT molecular complexity index is 412. The molecule has 0 saturated heterocycles. The number of hydrogen-bond donors (Lipinski definition) is 2. The molecule has 0 bridgehead atoms. The van der Waals surface area contributed by atoms with Crippen LogP contribution in [0.2, 0.25) is 0 Å². The maximum Gasteiger partial charge on any atom is 0.289 e. The average molecular weight is 308 g/mol. The van der Waals surface area contributed by atoms with Crippen LogP contribution in [0.5, 0.6) is 0 Å². The standard InChI is InChI=1S/C7H16O9S2/c1-2-7(3-14-5-17(8,9)10)16-4-15-6-18(11,12)13/h7H,2-6H2,1H3,(H,8,9,10)(H,11,12,13). The molecule has 0 rings (SSSR count). The molecule has 1 unspecified atom stereocenters. The van der Waals surface area contributed by atoms with Crippen LogP contribution >= 0.6 is 0 Å². The van der Waals surface area contributed by atoms with Gasteiger partial charge in [0.25, 0.3) is 20.2 Å². The van der Waals surface area contributed by atoms with E-state index in [2.05, 4.69) is 9.47 Å². The highest BCUT2D eigenvalue weighted by Crippen LogP contribution is 2.00. The lowest BCUT2D eigenvalue weighted by Crippen LogP contribution is -2.23. The molecule has 0 fully saturated rings. The average Bonchev–Trinajstić information content (AvgIpc) is 2.18. The zero-order chi connectivity index (χ0) is 14.2. The summed E-state index contributed by atoms with van der Waals surface area (Å²) in [6, 6.07) is 0. The molecule has 1 atom stereocenters. The molecule has 0 radical (unpaired) electrons. The van der Waals surface area contributed by atoms with Crippen molar-refractivity contribution >= 4 is 20.2 Å². The quantitative estimate of drug-likeness (QED) is 0.310. The fourth-order valence-corrected chi connectivity index (χ4v) is 1.44. The topological polar surface area (TPSA) is 136 Å². The molecule has 0 aromatic rings. The van der Waals surface area contributed by atoms with Crippen LogP contribution in [0.25, 0.3) is 0 Å². The van der Waals surface area contributed by atoms with Gasteiger partial charge < -0.3 is 14.2 Å². The summed E-state index contributed by atoms with van der Waals surface area (Å²) < 4.78 is 72.1. The van der Waals surface area contributed by atoms with Crippen LogP contribution < -0.4 is 0 Å². The van der Waals surface area contributed by atoms with Gasteiger partial charge in [-0.05, 0) is 6.42 Å². The lowest BCUT2D eigenvalue weighted by Gasteiger charge is -2.15. The van der Waals surface area contributed by atoms with E-state index in [1.807, 2.05) is 0 Å². The second kappa shape index (κ2) is 7.99. The highest BCUT2D eigenvalue weighted by atomic mass is 32.2. The summed E-state index contributed by atoms with van der Waals surface area (Å²) in [6.45, 7) is 1.23. The molecule has 0 amide bonds. The van der Waals surface area contributed by atoms with Gasteiger partial charge in [0.1, 0.15) is 6.79 Å². The Morgan fingerprint density at radius 1 is 1.00 bits per heavy atom. The number of ether oxygens (including phenoxy) is 3. The lowest BCUT2D eigenvalue weighted by molar-refractivity contribution is -0.0994. The minimum Gasteiger partial charge on any atom is -0.360 e. The molecule has 0 spiro atoms. The van der Waals surface area contributed by atoms with Gasteiger partial charge in [0.15, 0.2) is 11.9 Å². The molecular formula is C7H16O9S2. The van der Waals surface area contributed by atoms with Crippen molar-refractivity contribution in [3.8, 4) is 0 Å². The number of rotatable bonds is 10. The summed E-state index contributed by atoms with van der Waals surface area (Å²) in [5, 5.41) is 0. The van der Waals surface area contributed by atoms with E-state index in [-0.39, 0.29) is 6.61 Å². The van der Waals surface area contributed by atoms with Crippen molar-refractivity contribution in [2.75, 3.05) is 25.3 Å². The fourth-order valence-electron chi connectivity index (χ4n) is 0.852. The van der Waals surface area contributed by atoms with Gasteiger partial charge in [-0.2, -0.15) is 16.8 Å². The lowest BCUT2D eigenvalue weighted by atomic mass is 10.3. The minimum atomic E-state index is -4.21. The maximum absolute atomic E-state index is 10.3. The first kappa shape index (κ1) is 17.7. The third-order valence-corrected chi connectivity index (χ3v) is 2.54. The summed E-state index contributed by atoms with van der Waals surface area (Å²) in [7, 11) is -8.40. The summed E-state index contributed by atoms with van der Waals surface area (Å²) in [4.78, 5) is 0. The van der Waals surface area contributed by atoms with Crippen molar-refractivity contribution in [2.45, 2.75) is 19.4 Å². The van der Waals surface area contributed by atoms with E-state index in [1.165, 1.54) is 0 Å². The second-order valence-electron chi connectivity index (χ2n) is 3.29. The third-order valence-electron chi connectivity index (χ3n) is 1.61. The molecule has 0 aliphatic carbocycles. The molecule has 18 heavy (non-hydrogen) atoms. The fraction of sp³-hybridized carbons (Fsp3) is 1.00. The van der Waals surface area contributed by atoms with E-state index in [1.54, 1.807) is 6.92 Å². The van der Waals surface area contributed by atoms with Gasteiger partial charge in [-0.15, -0.1) is 0 Å². The minimum absolute atomic E-state index is 0.106.